The van der Waals surface area contributed by atoms with Crippen molar-refractivity contribution in [3.05, 3.63) is 23.4 Å². The quantitative estimate of drug-likeness (QED) is 0.816. The van der Waals surface area contributed by atoms with E-state index in [4.69, 9.17) is 5.73 Å². The number of hydrogen-bond donors (Lipinski definition) is 1. The predicted molar refractivity (Wildman–Crippen MR) is 71.8 cm³/mol. The van der Waals surface area contributed by atoms with Gasteiger partial charge in [0.25, 0.3) is 0 Å². The number of thioether (sulfide) groups is 1. The van der Waals surface area contributed by atoms with Gasteiger partial charge >= 0.3 is 0 Å². The van der Waals surface area contributed by atoms with Gasteiger partial charge in [-0.1, -0.05) is 33.8 Å². The first kappa shape index (κ1) is 13.5. The molecule has 16 heavy (non-hydrogen) atoms. The number of aryl methyl sites for hydroxylation is 1. The number of hydrogen-bond acceptors (Lipinski definition) is 3. The van der Waals surface area contributed by atoms with Crippen LogP contribution in [0.15, 0.2) is 17.2 Å². The van der Waals surface area contributed by atoms with Crippen molar-refractivity contribution in [1.82, 2.24) is 4.98 Å². The summed E-state index contributed by atoms with van der Waals surface area (Å²) in [6.07, 6.45) is 0.953. The van der Waals surface area contributed by atoms with Gasteiger partial charge in [-0.3, -0.25) is 0 Å². The Labute approximate surface area is 103 Å². The van der Waals surface area contributed by atoms with E-state index in [1.165, 1.54) is 5.56 Å². The van der Waals surface area contributed by atoms with E-state index in [2.05, 4.69) is 44.8 Å². The van der Waals surface area contributed by atoms with E-state index in [0.29, 0.717) is 0 Å². The van der Waals surface area contributed by atoms with Crippen molar-refractivity contribution < 1.29 is 0 Å². The third kappa shape index (κ3) is 3.80. The van der Waals surface area contributed by atoms with Crippen molar-refractivity contribution in [2.24, 2.45) is 5.73 Å². The molecule has 0 radical (unpaired) electrons. The maximum absolute atomic E-state index is 6.03. The lowest BCUT2D eigenvalue weighted by molar-refractivity contribution is 0.685. The summed E-state index contributed by atoms with van der Waals surface area (Å²) in [5.41, 5.74) is 8.25. The molecule has 2 N–H and O–H groups in total. The molecule has 0 aliphatic carbocycles. The smallest absolute Gasteiger partial charge is 0.0968 e. The minimum Gasteiger partial charge on any atom is -0.324 e. The average Bonchev–Trinajstić information content (AvgIpc) is 2.14. The van der Waals surface area contributed by atoms with Gasteiger partial charge in [0, 0.05) is 16.5 Å². The molecule has 1 aromatic heterocycles. The molecule has 0 aliphatic rings. The SMILES string of the molecule is CCC(N)c1ccc(SC(C)(C)C)nc1C. The third-order valence-electron chi connectivity index (χ3n) is 2.35. The van der Waals surface area contributed by atoms with Gasteiger partial charge in [0.1, 0.15) is 0 Å². The Bertz CT molecular complexity index is 355. The molecule has 0 fully saturated rings. The standard InChI is InChI=1S/C13H22N2S/c1-6-11(14)10-7-8-12(15-9(10)2)16-13(3,4)5/h7-8,11H,6,14H2,1-5H3. The number of nitrogens with two attached hydrogens (primary N) is 1. The van der Waals surface area contributed by atoms with Crippen LogP contribution in [0.5, 0.6) is 0 Å². The maximum Gasteiger partial charge on any atom is 0.0968 e. The molecule has 1 unspecified atom stereocenters. The lowest BCUT2D eigenvalue weighted by atomic mass is 10.0. The highest BCUT2D eigenvalue weighted by Crippen LogP contribution is 2.31. The topological polar surface area (TPSA) is 38.9 Å². The summed E-state index contributed by atoms with van der Waals surface area (Å²) in [6.45, 7) is 10.7. The fourth-order valence-electron chi connectivity index (χ4n) is 1.53. The number of nitrogens with zero attached hydrogens (tertiary/aromatic N) is 1. The second-order valence-corrected chi connectivity index (χ2v) is 6.90. The van der Waals surface area contributed by atoms with Gasteiger partial charge in [-0.05, 0) is 25.0 Å². The van der Waals surface area contributed by atoms with Crippen molar-refractivity contribution in [2.75, 3.05) is 0 Å². The first-order chi connectivity index (χ1) is 7.33. The zero-order valence-electron chi connectivity index (χ0n) is 10.9. The van der Waals surface area contributed by atoms with E-state index in [1.807, 2.05) is 6.92 Å². The molecule has 0 spiro atoms. The van der Waals surface area contributed by atoms with E-state index in [1.54, 1.807) is 11.8 Å². The minimum absolute atomic E-state index is 0.112. The zero-order chi connectivity index (χ0) is 12.3. The van der Waals surface area contributed by atoms with Crippen LogP contribution < -0.4 is 5.73 Å². The maximum atomic E-state index is 6.03. The molecule has 0 saturated heterocycles. The Morgan fingerprint density at radius 2 is 2.00 bits per heavy atom. The fraction of sp³-hybridized carbons (Fsp3) is 0.615. The van der Waals surface area contributed by atoms with E-state index in [-0.39, 0.29) is 10.8 Å². The van der Waals surface area contributed by atoms with Crippen LogP contribution in [0.25, 0.3) is 0 Å². The van der Waals surface area contributed by atoms with Gasteiger partial charge in [0.2, 0.25) is 0 Å². The van der Waals surface area contributed by atoms with E-state index >= 15 is 0 Å². The van der Waals surface area contributed by atoms with Crippen LogP contribution in [0.1, 0.15) is 51.4 Å². The van der Waals surface area contributed by atoms with Crippen molar-refractivity contribution in [3.63, 3.8) is 0 Å². The zero-order valence-corrected chi connectivity index (χ0v) is 11.7. The van der Waals surface area contributed by atoms with Crippen LogP contribution in [0.3, 0.4) is 0 Å². The lowest BCUT2D eigenvalue weighted by Gasteiger charge is -2.18. The lowest BCUT2D eigenvalue weighted by Crippen LogP contribution is -2.12. The summed E-state index contributed by atoms with van der Waals surface area (Å²) in [5.74, 6) is 0. The van der Waals surface area contributed by atoms with Gasteiger partial charge < -0.3 is 5.73 Å². The Balaban J connectivity index is 2.91. The highest BCUT2D eigenvalue weighted by atomic mass is 32.2. The number of pyridine rings is 1. The van der Waals surface area contributed by atoms with Crippen LogP contribution >= 0.6 is 11.8 Å². The molecule has 0 bridgehead atoms. The Kier molecular flexibility index (Phi) is 4.39. The molecule has 0 saturated carbocycles. The molecule has 1 heterocycles. The molecule has 0 aromatic carbocycles. The normalized spacial score (nSPS) is 13.9. The van der Waals surface area contributed by atoms with Gasteiger partial charge in [-0.15, -0.1) is 11.8 Å². The highest BCUT2D eigenvalue weighted by molar-refractivity contribution is 8.00. The van der Waals surface area contributed by atoms with Gasteiger partial charge in [0.15, 0.2) is 0 Å². The molecule has 1 rings (SSSR count). The van der Waals surface area contributed by atoms with Gasteiger partial charge in [-0.25, -0.2) is 4.98 Å². The average molecular weight is 238 g/mol. The fourth-order valence-corrected chi connectivity index (χ4v) is 2.48. The summed E-state index contributed by atoms with van der Waals surface area (Å²) in [7, 11) is 0. The minimum atomic E-state index is 0.112. The molecule has 90 valence electrons. The molecule has 1 aromatic rings. The van der Waals surface area contributed by atoms with Crippen LogP contribution in [0, 0.1) is 6.92 Å². The molecule has 1 atom stereocenters. The summed E-state index contributed by atoms with van der Waals surface area (Å²) in [5, 5.41) is 1.08. The van der Waals surface area contributed by atoms with Gasteiger partial charge in [0.05, 0.1) is 5.03 Å². The van der Waals surface area contributed by atoms with Crippen LogP contribution in [-0.4, -0.2) is 9.73 Å². The van der Waals surface area contributed by atoms with Crippen molar-refractivity contribution >= 4 is 11.8 Å². The van der Waals surface area contributed by atoms with Crippen LogP contribution in [-0.2, 0) is 0 Å². The molecule has 2 nitrogen and oxygen atoms in total. The first-order valence-corrected chi connectivity index (χ1v) is 6.57. The molecular weight excluding hydrogens is 216 g/mol. The number of aromatic nitrogens is 1. The van der Waals surface area contributed by atoms with Crippen molar-refractivity contribution in [3.8, 4) is 0 Å². The number of rotatable bonds is 3. The summed E-state index contributed by atoms with van der Waals surface area (Å²) in [6, 6.07) is 4.31. The van der Waals surface area contributed by atoms with E-state index < -0.39 is 0 Å². The Morgan fingerprint density at radius 1 is 1.38 bits per heavy atom. The van der Waals surface area contributed by atoms with E-state index in [9.17, 15) is 0 Å². The summed E-state index contributed by atoms with van der Waals surface area (Å²) >= 11 is 1.79. The predicted octanol–water partition coefficient (Wildman–Crippen LogP) is 3.69. The van der Waals surface area contributed by atoms with Gasteiger partial charge in [-0.2, -0.15) is 0 Å². The molecular formula is C13H22N2S. The molecule has 0 aliphatic heterocycles. The molecule has 3 heteroatoms. The second-order valence-electron chi connectivity index (χ2n) is 5.05. The van der Waals surface area contributed by atoms with Crippen molar-refractivity contribution in [1.29, 1.82) is 0 Å². The molecule has 0 amide bonds. The Hall–Kier alpha value is -0.540. The van der Waals surface area contributed by atoms with E-state index in [0.717, 1.165) is 17.1 Å². The van der Waals surface area contributed by atoms with Crippen LogP contribution in [0.4, 0.5) is 0 Å². The second kappa shape index (κ2) is 5.19. The van der Waals surface area contributed by atoms with Crippen molar-refractivity contribution in [2.45, 2.75) is 56.9 Å². The monoisotopic (exact) mass is 238 g/mol. The highest BCUT2D eigenvalue weighted by Gasteiger charge is 2.14. The van der Waals surface area contributed by atoms with Crippen LogP contribution in [0.2, 0.25) is 0 Å². The summed E-state index contributed by atoms with van der Waals surface area (Å²) in [4.78, 5) is 4.61. The third-order valence-corrected chi connectivity index (χ3v) is 3.40. The summed E-state index contributed by atoms with van der Waals surface area (Å²) < 4.78 is 0.202. The largest absolute Gasteiger partial charge is 0.324 e. The first-order valence-electron chi connectivity index (χ1n) is 5.75. The Morgan fingerprint density at radius 3 is 2.44 bits per heavy atom.